The van der Waals surface area contributed by atoms with E-state index in [-0.39, 0.29) is 10.8 Å². The van der Waals surface area contributed by atoms with Gasteiger partial charge < -0.3 is 4.90 Å². The van der Waals surface area contributed by atoms with E-state index in [4.69, 9.17) is 0 Å². The first kappa shape index (κ1) is 31.6. The zero-order valence-electron chi connectivity index (χ0n) is 30.9. The summed E-state index contributed by atoms with van der Waals surface area (Å²) >= 11 is 1.88. The smallest absolute Gasteiger partial charge is 0.0549 e. The summed E-state index contributed by atoms with van der Waals surface area (Å²) < 4.78 is 2.66. The summed E-state index contributed by atoms with van der Waals surface area (Å²) in [6.45, 7) is 9.55. The second-order valence-corrected chi connectivity index (χ2v) is 17.2. The quantitative estimate of drug-likeness (QED) is 0.176. The highest BCUT2D eigenvalue weighted by atomic mass is 32.1. The Labute approximate surface area is 320 Å². The van der Waals surface area contributed by atoms with Crippen LogP contribution in [0.1, 0.15) is 49.9 Å². The minimum Gasteiger partial charge on any atom is -0.310 e. The van der Waals surface area contributed by atoms with E-state index in [0.29, 0.717) is 0 Å². The molecule has 0 spiro atoms. The molecule has 0 fully saturated rings. The molecule has 0 atom stereocenters. The van der Waals surface area contributed by atoms with Crippen molar-refractivity contribution in [3.63, 3.8) is 0 Å². The fourth-order valence-corrected chi connectivity index (χ4v) is 10.9. The molecule has 0 unspecified atom stereocenters. The van der Waals surface area contributed by atoms with Crippen LogP contribution in [0.3, 0.4) is 0 Å². The normalized spacial score (nSPS) is 14.6. The van der Waals surface area contributed by atoms with Crippen molar-refractivity contribution in [2.45, 2.75) is 38.5 Å². The van der Waals surface area contributed by atoms with Crippen LogP contribution in [-0.2, 0) is 10.8 Å². The summed E-state index contributed by atoms with van der Waals surface area (Å²) in [7, 11) is 0. The van der Waals surface area contributed by atoms with Crippen LogP contribution in [0.2, 0.25) is 0 Å². The van der Waals surface area contributed by atoms with E-state index in [1.165, 1.54) is 98.0 Å². The summed E-state index contributed by atoms with van der Waals surface area (Å²) in [5.41, 5.74) is 16.6. The van der Waals surface area contributed by atoms with E-state index in [1.807, 2.05) is 11.3 Å². The molecule has 2 heteroatoms. The van der Waals surface area contributed by atoms with Gasteiger partial charge in [0.25, 0.3) is 0 Å². The van der Waals surface area contributed by atoms with Crippen LogP contribution in [0.15, 0.2) is 164 Å². The SMILES string of the molecule is CC1(C)c2ccccc2-c2ccc(N(c3ccc(-c4ccc5c(c4)sc4ccccc45)cc3)c3cc4ccccc4c4c3-c3ccccc3C4(C)C)cc21. The number of benzene rings is 8. The Hall–Kier alpha value is -5.96. The molecule has 1 nitrogen and oxygen atoms in total. The molecule has 1 heterocycles. The lowest BCUT2D eigenvalue weighted by molar-refractivity contribution is 0.660. The minimum absolute atomic E-state index is 0.109. The van der Waals surface area contributed by atoms with Crippen molar-refractivity contribution in [1.29, 1.82) is 0 Å². The molecule has 2 aliphatic rings. The van der Waals surface area contributed by atoms with Crippen LogP contribution in [0.5, 0.6) is 0 Å². The zero-order valence-corrected chi connectivity index (χ0v) is 31.8. The third kappa shape index (κ3) is 4.38. The van der Waals surface area contributed by atoms with Gasteiger partial charge in [0.1, 0.15) is 0 Å². The molecule has 54 heavy (non-hydrogen) atoms. The predicted molar refractivity (Wildman–Crippen MR) is 232 cm³/mol. The number of rotatable bonds is 4. The van der Waals surface area contributed by atoms with E-state index in [0.717, 1.165) is 5.69 Å². The third-order valence-corrected chi connectivity index (χ3v) is 13.6. The second kappa shape index (κ2) is 11.3. The van der Waals surface area contributed by atoms with Crippen LogP contribution in [-0.4, -0.2) is 0 Å². The van der Waals surface area contributed by atoms with Gasteiger partial charge >= 0.3 is 0 Å². The zero-order chi connectivity index (χ0) is 36.3. The van der Waals surface area contributed by atoms with Crippen molar-refractivity contribution >= 4 is 59.3 Å². The highest BCUT2D eigenvalue weighted by Gasteiger charge is 2.40. The number of thiophene rings is 1. The van der Waals surface area contributed by atoms with E-state index in [9.17, 15) is 0 Å². The van der Waals surface area contributed by atoms with Crippen LogP contribution in [0, 0.1) is 0 Å². The molecule has 1 aromatic heterocycles. The Balaban J connectivity index is 1.14. The molecule has 8 aromatic carbocycles. The van der Waals surface area contributed by atoms with Gasteiger partial charge in [-0.05, 0) is 103 Å². The monoisotopic (exact) mass is 709 g/mol. The average Bonchev–Trinajstić information content (AvgIpc) is 3.78. The van der Waals surface area contributed by atoms with Crippen LogP contribution in [0.4, 0.5) is 17.1 Å². The summed E-state index contributed by atoms with van der Waals surface area (Å²) in [4.78, 5) is 2.53. The number of hydrogen-bond donors (Lipinski definition) is 0. The van der Waals surface area contributed by atoms with E-state index in [1.54, 1.807) is 0 Å². The molecule has 9 aromatic rings. The van der Waals surface area contributed by atoms with Gasteiger partial charge in [0.05, 0.1) is 5.69 Å². The van der Waals surface area contributed by atoms with Gasteiger partial charge in [0.2, 0.25) is 0 Å². The maximum Gasteiger partial charge on any atom is 0.0549 e. The number of anilines is 3. The van der Waals surface area contributed by atoms with E-state index >= 15 is 0 Å². The molecular formula is C52H39NS. The van der Waals surface area contributed by atoms with Crippen molar-refractivity contribution in [3.8, 4) is 33.4 Å². The van der Waals surface area contributed by atoms with Gasteiger partial charge in [-0.15, -0.1) is 11.3 Å². The van der Waals surface area contributed by atoms with Crippen molar-refractivity contribution in [2.24, 2.45) is 0 Å². The second-order valence-electron chi connectivity index (χ2n) is 16.1. The molecule has 0 bridgehead atoms. The largest absolute Gasteiger partial charge is 0.310 e. The minimum atomic E-state index is -0.149. The molecule has 0 aliphatic heterocycles. The van der Waals surface area contributed by atoms with Crippen molar-refractivity contribution in [2.75, 3.05) is 4.90 Å². The lowest BCUT2D eigenvalue weighted by atomic mass is 9.80. The summed E-state index contributed by atoms with van der Waals surface area (Å²) in [5.74, 6) is 0. The van der Waals surface area contributed by atoms with Gasteiger partial charge in [-0.1, -0.05) is 149 Å². The Morgan fingerprint density at radius 2 is 1.04 bits per heavy atom. The van der Waals surface area contributed by atoms with Gasteiger partial charge in [-0.2, -0.15) is 0 Å². The van der Waals surface area contributed by atoms with Crippen LogP contribution >= 0.6 is 11.3 Å². The van der Waals surface area contributed by atoms with Gasteiger partial charge in [-0.3, -0.25) is 0 Å². The Bertz CT molecular complexity index is 3000. The topological polar surface area (TPSA) is 3.24 Å². The lowest BCUT2D eigenvalue weighted by Gasteiger charge is -2.31. The predicted octanol–water partition coefficient (Wildman–Crippen LogP) is 15.0. The van der Waals surface area contributed by atoms with Crippen molar-refractivity contribution in [3.05, 3.63) is 186 Å². The van der Waals surface area contributed by atoms with E-state index < -0.39 is 0 Å². The third-order valence-electron chi connectivity index (χ3n) is 12.4. The fraction of sp³-hybridized carbons (Fsp3) is 0.115. The Morgan fingerprint density at radius 3 is 1.85 bits per heavy atom. The average molecular weight is 710 g/mol. The van der Waals surface area contributed by atoms with Crippen LogP contribution < -0.4 is 4.90 Å². The van der Waals surface area contributed by atoms with Crippen molar-refractivity contribution in [1.82, 2.24) is 0 Å². The maximum absolute atomic E-state index is 2.53. The Kier molecular flexibility index (Phi) is 6.59. The first-order chi connectivity index (χ1) is 26.3. The molecule has 0 saturated carbocycles. The summed E-state index contributed by atoms with van der Waals surface area (Å²) in [6.07, 6.45) is 0. The van der Waals surface area contributed by atoms with Crippen LogP contribution in [0.25, 0.3) is 64.3 Å². The molecule has 0 saturated heterocycles. The Morgan fingerprint density at radius 1 is 0.426 bits per heavy atom. The molecule has 0 N–H and O–H groups in total. The molecule has 258 valence electrons. The first-order valence-corrected chi connectivity index (χ1v) is 19.8. The summed E-state index contributed by atoms with van der Waals surface area (Å²) in [6, 6.07) is 61.5. The lowest BCUT2D eigenvalue weighted by Crippen LogP contribution is -2.18. The van der Waals surface area contributed by atoms with Gasteiger partial charge in [0.15, 0.2) is 0 Å². The molecule has 0 radical (unpaired) electrons. The number of fused-ring (bicyclic) bond motifs is 11. The van der Waals surface area contributed by atoms with Crippen molar-refractivity contribution < 1.29 is 0 Å². The number of hydrogen-bond acceptors (Lipinski definition) is 2. The molecule has 2 aliphatic carbocycles. The van der Waals surface area contributed by atoms with Gasteiger partial charge in [-0.25, -0.2) is 0 Å². The number of nitrogens with zero attached hydrogens (tertiary/aromatic N) is 1. The molecular weight excluding hydrogens is 671 g/mol. The molecule has 11 rings (SSSR count). The highest BCUT2D eigenvalue weighted by molar-refractivity contribution is 7.25. The standard InChI is InChI=1S/C52H39NS/c1-51(2)43-18-10-7-15-38(43)39-28-26-36(31-45(39)51)53(35-24-21-32(22-25-35)33-23-27-41-40-16-9-12-20-47(40)54-48(41)30-33)46-29-34-13-5-6-14-37(34)50-49(46)42-17-8-11-19-44(42)52(50,3)4/h5-31H,1-4H3. The summed E-state index contributed by atoms with van der Waals surface area (Å²) in [5, 5.41) is 5.26. The van der Waals surface area contributed by atoms with Gasteiger partial charge in [0, 0.05) is 47.9 Å². The first-order valence-electron chi connectivity index (χ1n) is 19.0. The maximum atomic E-state index is 2.53. The highest BCUT2D eigenvalue weighted by Crippen LogP contribution is 2.57. The molecule has 0 amide bonds. The fourth-order valence-electron chi connectivity index (χ4n) is 9.78. The van der Waals surface area contributed by atoms with E-state index in [2.05, 4.69) is 196 Å².